The number of hydrogen-bond acceptors (Lipinski definition) is 4. The fraction of sp³-hybridized carbons (Fsp3) is 0.375. The van der Waals surface area contributed by atoms with E-state index in [4.69, 9.17) is 14.0 Å². The van der Waals surface area contributed by atoms with E-state index in [1.807, 2.05) is 76.2 Å². The van der Waals surface area contributed by atoms with Crippen LogP contribution in [0.4, 0.5) is 4.79 Å². The van der Waals surface area contributed by atoms with E-state index in [0.29, 0.717) is 0 Å². The zero-order valence-electron chi connectivity index (χ0n) is 18.5. The van der Waals surface area contributed by atoms with Crippen molar-refractivity contribution in [2.24, 2.45) is 0 Å². The molecule has 1 fully saturated rings. The predicted octanol–water partition coefficient (Wildman–Crippen LogP) is 5.52. The Labute approximate surface area is 193 Å². The van der Waals surface area contributed by atoms with Gasteiger partial charge in [-0.25, -0.2) is 4.79 Å². The van der Waals surface area contributed by atoms with E-state index in [1.165, 1.54) is 5.56 Å². The first kappa shape index (κ1) is 23.6. The third-order valence-corrected chi connectivity index (χ3v) is 6.34. The molecule has 2 aromatic carbocycles. The average Bonchev–Trinajstić information content (AvgIpc) is 2.97. The van der Waals surface area contributed by atoms with Crippen LogP contribution >= 0.6 is 15.9 Å². The molecule has 2 aromatic rings. The number of hydrogen-bond donors (Lipinski definition) is 1. The molecular formula is C24H29BBrNO4. The lowest BCUT2D eigenvalue weighted by atomic mass is 9.77. The smallest absolute Gasteiger partial charge is 0.445 e. The van der Waals surface area contributed by atoms with Crippen LogP contribution in [0.1, 0.15) is 44.4 Å². The third-order valence-electron chi connectivity index (χ3n) is 5.69. The molecule has 1 amide bonds. The second kappa shape index (κ2) is 10.0. The largest absolute Gasteiger partial charge is 0.492 e. The normalized spacial score (nSPS) is 17.5. The van der Waals surface area contributed by atoms with Gasteiger partial charge in [0.2, 0.25) is 0 Å². The molecule has 0 saturated carbocycles. The highest BCUT2D eigenvalue weighted by molar-refractivity contribution is 9.08. The summed E-state index contributed by atoms with van der Waals surface area (Å²) >= 11 is 3.47. The van der Waals surface area contributed by atoms with Gasteiger partial charge in [-0.3, -0.25) is 0 Å². The van der Waals surface area contributed by atoms with Gasteiger partial charge in [-0.1, -0.05) is 76.6 Å². The molecule has 1 saturated heterocycles. The van der Waals surface area contributed by atoms with Crippen molar-refractivity contribution >= 4 is 35.2 Å². The van der Waals surface area contributed by atoms with Gasteiger partial charge in [-0.2, -0.15) is 0 Å². The molecule has 1 aliphatic heterocycles. The first-order valence-corrected chi connectivity index (χ1v) is 11.5. The second-order valence-electron chi connectivity index (χ2n) is 8.60. The predicted molar refractivity (Wildman–Crippen MR) is 128 cm³/mol. The van der Waals surface area contributed by atoms with Crippen molar-refractivity contribution in [2.45, 2.75) is 50.8 Å². The molecule has 164 valence electrons. The van der Waals surface area contributed by atoms with Crippen LogP contribution in [0.15, 0.2) is 60.1 Å². The summed E-state index contributed by atoms with van der Waals surface area (Å²) in [5.74, 6) is 0. The number of nitrogens with one attached hydrogen (secondary N) is 1. The molecule has 0 unspecified atom stereocenters. The maximum atomic E-state index is 12.3. The molecule has 5 nitrogen and oxygen atoms in total. The van der Waals surface area contributed by atoms with Crippen molar-refractivity contribution in [1.82, 2.24) is 5.32 Å². The number of alkyl halides is 1. The van der Waals surface area contributed by atoms with Crippen molar-refractivity contribution in [3.63, 3.8) is 0 Å². The second-order valence-corrected chi connectivity index (χ2v) is 9.16. The number of rotatable bonds is 7. The van der Waals surface area contributed by atoms with Crippen LogP contribution in [0.2, 0.25) is 0 Å². The van der Waals surface area contributed by atoms with Gasteiger partial charge in [-0.05, 0) is 49.9 Å². The lowest BCUT2D eigenvalue weighted by molar-refractivity contribution is 0.00578. The minimum Gasteiger partial charge on any atom is -0.445 e. The molecule has 1 heterocycles. The highest BCUT2D eigenvalue weighted by Gasteiger charge is 2.52. The van der Waals surface area contributed by atoms with Crippen molar-refractivity contribution in [2.75, 3.05) is 6.54 Å². The van der Waals surface area contributed by atoms with Crippen molar-refractivity contribution in [1.29, 1.82) is 0 Å². The van der Waals surface area contributed by atoms with Crippen molar-refractivity contribution in [3.8, 4) is 0 Å². The number of ether oxygens (including phenoxy) is 1. The third kappa shape index (κ3) is 6.22. The fourth-order valence-electron chi connectivity index (χ4n) is 3.06. The summed E-state index contributed by atoms with van der Waals surface area (Å²) in [6, 6.07) is 17.8. The van der Waals surface area contributed by atoms with Gasteiger partial charge in [0.25, 0.3) is 0 Å². The Morgan fingerprint density at radius 2 is 1.61 bits per heavy atom. The van der Waals surface area contributed by atoms with Gasteiger partial charge in [0.05, 0.1) is 11.2 Å². The summed E-state index contributed by atoms with van der Waals surface area (Å²) in [6.45, 7) is 8.52. The molecule has 7 heteroatoms. The minimum atomic E-state index is -0.560. The highest BCUT2D eigenvalue weighted by Crippen LogP contribution is 2.38. The van der Waals surface area contributed by atoms with Crippen LogP contribution in [-0.2, 0) is 26.0 Å². The van der Waals surface area contributed by atoms with Gasteiger partial charge in [0.1, 0.15) is 6.61 Å². The van der Waals surface area contributed by atoms with Gasteiger partial charge < -0.3 is 19.4 Å². The molecule has 0 radical (unpaired) electrons. The molecule has 0 bridgehead atoms. The van der Waals surface area contributed by atoms with Crippen molar-refractivity contribution in [3.05, 3.63) is 76.8 Å². The first-order valence-electron chi connectivity index (χ1n) is 10.4. The lowest BCUT2D eigenvalue weighted by Gasteiger charge is -2.32. The molecule has 0 atom stereocenters. The minimum absolute atomic E-state index is 0.218. The number of carbonyl (C=O) groups excluding carboxylic acids is 1. The fourth-order valence-corrected chi connectivity index (χ4v) is 3.44. The summed E-state index contributed by atoms with van der Waals surface area (Å²) in [5.41, 5.74) is 3.02. The summed E-state index contributed by atoms with van der Waals surface area (Å²) in [7, 11) is -0.560. The topological polar surface area (TPSA) is 56.8 Å². The summed E-state index contributed by atoms with van der Waals surface area (Å²) in [4.78, 5) is 12.3. The van der Waals surface area contributed by atoms with E-state index in [0.717, 1.165) is 21.9 Å². The molecule has 0 aliphatic carbocycles. The van der Waals surface area contributed by atoms with Crippen molar-refractivity contribution < 1.29 is 18.8 Å². The van der Waals surface area contributed by atoms with Gasteiger partial charge in [0.15, 0.2) is 0 Å². The van der Waals surface area contributed by atoms with Crippen LogP contribution in [0, 0.1) is 0 Å². The van der Waals surface area contributed by atoms with Crippen LogP contribution in [0.5, 0.6) is 0 Å². The quantitative estimate of drug-likeness (QED) is 0.414. The highest BCUT2D eigenvalue weighted by atomic mass is 79.9. The molecule has 0 spiro atoms. The average molecular weight is 486 g/mol. The maximum Gasteiger partial charge on any atom is 0.492 e. The Hall–Kier alpha value is -2.09. The van der Waals surface area contributed by atoms with Gasteiger partial charge in [-0.15, -0.1) is 0 Å². The first-order chi connectivity index (χ1) is 14.7. The van der Waals surface area contributed by atoms with E-state index in [1.54, 1.807) is 0 Å². The summed E-state index contributed by atoms with van der Waals surface area (Å²) in [6.07, 6.45) is 1.51. The maximum absolute atomic E-state index is 12.3. The molecule has 1 N–H and O–H groups in total. The van der Waals surface area contributed by atoms with Gasteiger partial charge in [0, 0.05) is 11.9 Å². The lowest BCUT2D eigenvalue weighted by Crippen LogP contribution is -2.41. The number of halogens is 1. The van der Waals surface area contributed by atoms with E-state index >= 15 is 0 Å². The Kier molecular flexibility index (Phi) is 7.62. The Bertz CT molecular complexity index is 897. The summed E-state index contributed by atoms with van der Waals surface area (Å²) in [5, 5.41) is 3.63. The number of benzene rings is 2. The van der Waals surface area contributed by atoms with Crippen LogP contribution < -0.4 is 5.32 Å². The van der Waals surface area contributed by atoms with Gasteiger partial charge >= 0.3 is 13.2 Å². The molecule has 3 rings (SSSR count). The van der Waals surface area contributed by atoms with E-state index in [-0.39, 0.29) is 13.2 Å². The Balaban J connectivity index is 1.71. The number of alkyl carbamates (subject to hydrolysis) is 1. The Morgan fingerprint density at radius 3 is 2.19 bits per heavy atom. The molecule has 1 aliphatic rings. The molecular weight excluding hydrogens is 457 g/mol. The number of carbonyl (C=O) groups is 1. The van der Waals surface area contributed by atoms with E-state index < -0.39 is 24.4 Å². The summed E-state index contributed by atoms with van der Waals surface area (Å²) < 4.78 is 17.8. The number of amides is 1. The van der Waals surface area contributed by atoms with Crippen LogP contribution in [0.25, 0.3) is 6.08 Å². The molecule has 0 aromatic heterocycles. The standard InChI is InChI=1S/C24H29BBrNO4/c1-23(2)24(3,4)31-25(30-23)21(14-18-10-12-19(15-26)13-11-18)16-27-22(28)29-17-20-8-6-5-7-9-20/h5-14H,15-17H2,1-4H3,(H,27,28). The SMILES string of the molecule is CC1(C)OB(C(=Cc2ccc(CBr)cc2)CNC(=O)OCc2ccccc2)OC1(C)C. The van der Waals surface area contributed by atoms with E-state index in [2.05, 4.69) is 33.4 Å². The van der Waals surface area contributed by atoms with Crippen LogP contribution in [0.3, 0.4) is 0 Å². The Morgan fingerprint density at radius 1 is 1.00 bits per heavy atom. The van der Waals surface area contributed by atoms with E-state index in [9.17, 15) is 4.79 Å². The zero-order chi connectivity index (χ0) is 22.5. The van der Waals surface area contributed by atoms with Crippen LogP contribution in [-0.4, -0.2) is 31.0 Å². The molecule has 31 heavy (non-hydrogen) atoms. The monoisotopic (exact) mass is 485 g/mol. The zero-order valence-corrected chi connectivity index (χ0v) is 20.1.